The summed E-state index contributed by atoms with van der Waals surface area (Å²) >= 11 is 0. The van der Waals surface area contributed by atoms with Crippen molar-refractivity contribution < 1.29 is 9.32 Å². The molecule has 1 heterocycles. The Hall–Kier alpha value is -0.130. The van der Waals surface area contributed by atoms with E-state index in [1.165, 1.54) is 0 Å². The van der Waals surface area contributed by atoms with Crippen LogP contribution < -0.4 is 0 Å². The van der Waals surface area contributed by atoms with Crippen molar-refractivity contribution in [3.05, 3.63) is 0 Å². The first-order valence-corrected chi connectivity index (χ1v) is 5.97. The summed E-state index contributed by atoms with van der Waals surface area (Å²) in [5, 5.41) is 8.99. The molecule has 1 N–H and O–H groups in total. The predicted octanol–water partition coefficient (Wildman–Crippen LogP) is 0.0857. The van der Waals surface area contributed by atoms with Crippen molar-refractivity contribution in [3.63, 3.8) is 0 Å². The zero-order chi connectivity index (χ0) is 9.19. The van der Waals surface area contributed by atoms with E-state index in [1.807, 2.05) is 4.31 Å². The molecule has 1 rings (SSSR count). The summed E-state index contributed by atoms with van der Waals surface area (Å²) in [6.45, 7) is 0.873. The standard InChI is InChI=1S/C7H16N2O2S/c1-8-12(2,11)9-5-3-4-7(9)6-10/h7,10H,3-6H2,1-2H3/t7-,12?/m1/s1. The van der Waals surface area contributed by atoms with Crippen LogP contribution in [0.15, 0.2) is 4.36 Å². The van der Waals surface area contributed by atoms with E-state index < -0.39 is 9.92 Å². The summed E-state index contributed by atoms with van der Waals surface area (Å²) in [4.78, 5) is 0. The van der Waals surface area contributed by atoms with Gasteiger partial charge in [-0.1, -0.05) is 0 Å². The lowest BCUT2D eigenvalue weighted by Crippen LogP contribution is -2.36. The molecule has 1 saturated heterocycles. The highest BCUT2D eigenvalue weighted by atomic mass is 32.2. The maximum atomic E-state index is 11.8. The maximum Gasteiger partial charge on any atom is 0.107 e. The van der Waals surface area contributed by atoms with Gasteiger partial charge in [-0.3, -0.25) is 0 Å². The zero-order valence-corrected chi connectivity index (χ0v) is 8.38. The first-order chi connectivity index (χ1) is 5.61. The van der Waals surface area contributed by atoms with Gasteiger partial charge in [0.05, 0.1) is 6.61 Å². The van der Waals surface area contributed by atoms with E-state index in [0.717, 1.165) is 19.4 Å². The molecule has 5 heteroatoms. The lowest BCUT2D eigenvalue weighted by molar-refractivity contribution is 0.217. The van der Waals surface area contributed by atoms with Crippen LogP contribution in [0.5, 0.6) is 0 Å². The Balaban J connectivity index is 2.82. The molecular formula is C7H16N2O2S. The van der Waals surface area contributed by atoms with Gasteiger partial charge in [-0.2, -0.15) is 0 Å². The Bertz CT molecular complexity index is 258. The van der Waals surface area contributed by atoms with Gasteiger partial charge in [-0.25, -0.2) is 12.9 Å². The summed E-state index contributed by atoms with van der Waals surface area (Å²) in [5.41, 5.74) is 0. The fourth-order valence-electron chi connectivity index (χ4n) is 1.54. The molecule has 0 spiro atoms. The summed E-state index contributed by atoms with van der Waals surface area (Å²) < 4.78 is 17.4. The zero-order valence-electron chi connectivity index (χ0n) is 7.56. The third-order valence-electron chi connectivity index (χ3n) is 2.31. The quantitative estimate of drug-likeness (QED) is 0.674. The molecule has 0 amide bonds. The molecule has 1 aliphatic rings. The highest BCUT2D eigenvalue weighted by molar-refractivity contribution is 7.90. The minimum absolute atomic E-state index is 0.0474. The number of nitrogens with zero attached hydrogens (tertiary/aromatic N) is 2. The maximum absolute atomic E-state index is 11.8. The first-order valence-electron chi connectivity index (χ1n) is 4.09. The van der Waals surface area contributed by atoms with Gasteiger partial charge in [-0.05, 0) is 12.8 Å². The lowest BCUT2D eigenvalue weighted by atomic mass is 10.2. The van der Waals surface area contributed by atoms with Crippen molar-refractivity contribution in [3.8, 4) is 0 Å². The summed E-state index contributed by atoms with van der Waals surface area (Å²) in [6.07, 6.45) is 3.56. The second kappa shape index (κ2) is 3.72. The largest absolute Gasteiger partial charge is 0.395 e. The highest BCUT2D eigenvalue weighted by Crippen LogP contribution is 2.20. The molecule has 0 aliphatic carbocycles. The summed E-state index contributed by atoms with van der Waals surface area (Å²) in [7, 11) is -0.646. The molecule has 1 aliphatic heterocycles. The van der Waals surface area contributed by atoms with Crippen LogP contribution in [0.3, 0.4) is 0 Å². The van der Waals surface area contributed by atoms with Crippen LogP contribution in [0.2, 0.25) is 0 Å². The van der Waals surface area contributed by atoms with Crippen LogP contribution in [0.4, 0.5) is 0 Å². The van der Waals surface area contributed by atoms with E-state index >= 15 is 0 Å². The van der Waals surface area contributed by atoms with Crippen molar-refractivity contribution >= 4 is 9.92 Å². The van der Waals surface area contributed by atoms with Crippen molar-refractivity contribution in [2.45, 2.75) is 18.9 Å². The Kier molecular flexibility index (Phi) is 3.09. The SMILES string of the molecule is CN=S(C)(=O)N1CCC[C@@H]1CO. The molecule has 1 fully saturated rings. The minimum Gasteiger partial charge on any atom is -0.395 e. The number of aliphatic hydroxyl groups is 1. The van der Waals surface area contributed by atoms with E-state index in [2.05, 4.69) is 4.36 Å². The van der Waals surface area contributed by atoms with Crippen molar-refractivity contribution in [1.29, 1.82) is 0 Å². The Morgan fingerprint density at radius 3 is 2.92 bits per heavy atom. The molecule has 0 saturated carbocycles. The second-order valence-corrected chi connectivity index (χ2v) is 5.42. The second-order valence-electron chi connectivity index (χ2n) is 3.06. The fraction of sp³-hybridized carbons (Fsp3) is 1.00. The van der Waals surface area contributed by atoms with E-state index in [0.29, 0.717) is 0 Å². The van der Waals surface area contributed by atoms with E-state index in [4.69, 9.17) is 5.11 Å². The molecule has 0 bridgehead atoms. The van der Waals surface area contributed by atoms with Crippen molar-refractivity contribution in [2.24, 2.45) is 4.36 Å². The molecular weight excluding hydrogens is 176 g/mol. The van der Waals surface area contributed by atoms with Gasteiger partial charge >= 0.3 is 0 Å². The average Bonchev–Trinajstić information content (AvgIpc) is 2.52. The monoisotopic (exact) mass is 192 g/mol. The topological polar surface area (TPSA) is 52.9 Å². The van der Waals surface area contributed by atoms with Gasteiger partial charge in [0.1, 0.15) is 9.92 Å². The molecule has 0 aromatic carbocycles. The van der Waals surface area contributed by atoms with E-state index in [9.17, 15) is 4.21 Å². The van der Waals surface area contributed by atoms with Crippen LogP contribution >= 0.6 is 0 Å². The van der Waals surface area contributed by atoms with Crippen LogP contribution in [-0.2, 0) is 9.92 Å². The third kappa shape index (κ3) is 1.78. The van der Waals surface area contributed by atoms with E-state index in [-0.39, 0.29) is 12.6 Å². The average molecular weight is 192 g/mol. The molecule has 0 aromatic rings. The molecule has 0 aromatic heterocycles. The van der Waals surface area contributed by atoms with Gasteiger partial charge in [0.2, 0.25) is 0 Å². The van der Waals surface area contributed by atoms with Crippen LogP contribution in [-0.4, -0.2) is 46.1 Å². The Morgan fingerprint density at radius 1 is 1.75 bits per heavy atom. The Labute approximate surface area is 73.9 Å². The summed E-state index contributed by atoms with van der Waals surface area (Å²) in [5.74, 6) is 0. The third-order valence-corrected chi connectivity index (χ3v) is 4.34. The normalized spacial score (nSPS) is 30.1. The van der Waals surface area contributed by atoms with Gasteiger partial charge in [0.15, 0.2) is 0 Å². The van der Waals surface area contributed by atoms with Crippen molar-refractivity contribution in [1.82, 2.24) is 4.31 Å². The van der Waals surface area contributed by atoms with Gasteiger partial charge < -0.3 is 5.11 Å². The van der Waals surface area contributed by atoms with Gasteiger partial charge in [-0.15, -0.1) is 0 Å². The Morgan fingerprint density at radius 2 is 2.42 bits per heavy atom. The number of rotatable bonds is 2. The van der Waals surface area contributed by atoms with Crippen LogP contribution in [0.1, 0.15) is 12.8 Å². The van der Waals surface area contributed by atoms with Crippen LogP contribution in [0, 0.1) is 0 Å². The molecule has 4 nitrogen and oxygen atoms in total. The molecule has 0 radical (unpaired) electrons. The molecule has 1 unspecified atom stereocenters. The highest BCUT2D eigenvalue weighted by Gasteiger charge is 2.28. The number of hydrogen-bond donors (Lipinski definition) is 1. The molecule has 72 valence electrons. The molecule has 12 heavy (non-hydrogen) atoms. The van der Waals surface area contributed by atoms with Crippen LogP contribution in [0.25, 0.3) is 0 Å². The van der Waals surface area contributed by atoms with E-state index in [1.54, 1.807) is 13.3 Å². The fourth-order valence-corrected chi connectivity index (χ4v) is 2.95. The minimum atomic E-state index is -2.21. The van der Waals surface area contributed by atoms with Crippen molar-refractivity contribution in [2.75, 3.05) is 26.5 Å². The first kappa shape index (κ1) is 9.95. The molecule has 2 atom stereocenters. The lowest BCUT2D eigenvalue weighted by Gasteiger charge is -2.23. The number of hydrogen-bond acceptors (Lipinski definition) is 3. The summed E-state index contributed by atoms with van der Waals surface area (Å²) in [6, 6.07) is 0.0474. The number of aliphatic hydroxyl groups excluding tert-OH is 1. The predicted molar refractivity (Wildman–Crippen MR) is 49.2 cm³/mol. The van der Waals surface area contributed by atoms with Gasteiger partial charge in [0.25, 0.3) is 0 Å². The smallest absolute Gasteiger partial charge is 0.107 e. The van der Waals surface area contributed by atoms with Gasteiger partial charge in [0, 0.05) is 25.9 Å².